The molecule has 0 radical (unpaired) electrons. The van der Waals surface area contributed by atoms with Crippen molar-refractivity contribution in [2.24, 2.45) is 0 Å². The molecule has 1 fully saturated rings. The van der Waals surface area contributed by atoms with E-state index < -0.39 is 0 Å². The molecule has 1 aliphatic rings. The minimum Gasteiger partial charge on any atom is -0.355 e. The van der Waals surface area contributed by atoms with E-state index in [4.69, 9.17) is 16.2 Å². The summed E-state index contributed by atoms with van der Waals surface area (Å²) in [7, 11) is 0. The molecule has 0 aliphatic carbocycles. The Morgan fingerprint density at radius 2 is 2.00 bits per heavy atom. The van der Waals surface area contributed by atoms with Gasteiger partial charge in [0.2, 0.25) is 0 Å². The number of pyridine rings is 1. The zero-order valence-electron chi connectivity index (χ0n) is 11.6. The molecule has 3 nitrogen and oxygen atoms in total. The fourth-order valence-corrected chi connectivity index (χ4v) is 3.10. The van der Waals surface area contributed by atoms with E-state index in [1.807, 2.05) is 18.2 Å². The van der Waals surface area contributed by atoms with Gasteiger partial charge in [0.05, 0.1) is 0 Å². The van der Waals surface area contributed by atoms with Gasteiger partial charge in [-0.15, -0.1) is 0 Å². The summed E-state index contributed by atoms with van der Waals surface area (Å²) in [6.45, 7) is 1.96. The van der Waals surface area contributed by atoms with Gasteiger partial charge in [-0.1, -0.05) is 41.9 Å². The third-order valence-electron chi connectivity index (χ3n) is 3.76. The van der Waals surface area contributed by atoms with Crippen LogP contribution in [0.5, 0.6) is 0 Å². The van der Waals surface area contributed by atoms with Crippen LogP contribution < -0.4 is 4.90 Å². The Morgan fingerprint density at radius 3 is 2.71 bits per heavy atom. The van der Waals surface area contributed by atoms with Crippen LogP contribution in [0.1, 0.15) is 17.2 Å². The van der Waals surface area contributed by atoms with Crippen molar-refractivity contribution >= 4 is 29.5 Å². The number of hydrogen-bond donors (Lipinski definition) is 1. The average Bonchev–Trinajstić information content (AvgIpc) is 2.44. The number of hydrogen-bond acceptors (Lipinski definition) is 4. The van der Waals surface area contributed by atoms with Gasteiger partial charge < -0.3 is 9.45 Å². The van der Waals surface area contributed by atoms with Gasteiger partial charge in [-0.05, 0) is 29.7 Å². The van der Waals surface area contributed by atoms with Crippen LogP contribution in [0, 0.1) is 0 Å². The summed E-state index contributed by atoms with van der Waals surface area (Å²) in [5.74, 6) is 2.15. The largest absolute Gasteiger partial charge is 0.355 e. The normalized spacial score (nSPS) is 15.0. The Bertz CT molecular complexity index is 602. The van der Waals surface area contributed by atoms with Crippen molar-refractivity contribution in [2.45, 2.75) is 12.3 Å². The molecule has 1 aliphatic heterocycles. The molecular weight excluding hydrogens is 304 g/mol. The Kier molecular flexibility index (Phi) is 4.68. The first kappa shape index (κ1) is 14.7. The second-order valence-electron chi connectivity index (χ2n) is 5.23. The highest BCUT2D eigenvalue weighted by Crippen LogP contribution is 2.31. The van der Waals surface area contributed by atoms with E-state index in [0.717, 1.165) is 43.1 Å². The van der Waals surface area contributed by atoms with Crippen molar-refractivity contribution in [3.8, 4) is 0 Å². The van der Waals surface area contributed by atoms with Crippen molar-refractivity contribution in [1.29, 1.82) is 0 Å². The summed E-state index contributed by atoms with van der Waals surface area (Å²) in [6, 6.07) is 14.4. The monoisotopic (exact) mass is 320 g/mol. The third-order valence-corrected chi connectivity index (χ3v) is 4.36. The number of aromatic nitrogens is 1. The van der Waals surface area contributed by atoms with Crippen LogP contribution in [0.25, 0.3) is 0 Å². The van der Waals surface area contributed by atoms with Gasteiger partial charge in [0.1, 0.15) is 5.82 Å². The molecule has 0 saturated carbocycles. The van der Waals surface area contributed by atoms with Crippen LogP contribution in [-0.2, 0) is 6.42 Å². The van der Waals surface area contributed by atoms with Gasteiger partial charge >= 0.3 is 0 Å². The van der Waals surface area contributed by atoms with Crippen LogP contribution in [-0.4, -0.2) is 28.4 Å². The van der Waals surface area contributed by atoms with Crippen molar-refractivity contribution in [2.75, 3.05) is 23.7 Å². The lowest BCUT2D eigenvalue weighted by molar-refractivity contribution is 0.519. The van der Waals surface area contributed by atoms with Gasteiger partial charge in [0.15, 0.2) is 0 Å². The van der Waals surface area contributed by atoms with Crippen LogP contribution in [0.4, 0.5) is 5.82 Å². The molecular formula is C16H17ClN2OS. The number of halogens is 1. The van der Waals surface area contributed by atoms with Gasteiger partial charge in [0, 0.05) is 41.9 Å². The third kappa shape index (κ3) is 3.51. The summed E-state index contributed by atoms with van der Waals surface area (Å²) >= 11 is 7.01. The second kappa shape index (κ2) is 6.69. The quantitative estimate of drug-likeness (QED) is 0.842. The van der Waals surface area contributed by atoms with Crippen molar-refractivity contribution in [1.82, 2.24) is 4.98 Å². The minimum absolute atomic E-state index is 0.573. The van der Waals surface area contributed by atoms with E-state index in [-0.39, 0.29) is 0 Å². The molecule has 0 unspecified atom stereocenters. The van der Waals surface area contributed by atoms with Gasteiger partial charge in [-0.25, -0.2) is 4.98 Å². The lowest BCUT2D eigenvalue weighted by Gasteiger charge is -2.40. The van der Waals surface area contributed by atoms with Crippen molar-refractivity contribution in [3.63, 3.8) is 0 Å². The molecule has 1 N–H and O–H groups in total. The number of benzene rings is 1. The van der Waals surface area contributed by atoms with E-state index in [0.29, 0.717) is 16.7 Å². The standard InChI is InChI=1S/C16H17ClN2OS/c17-14-8-15(6-7-21-20)18-16(9-14)19-10-13(11-19)12-4-2-1-3-5-12/h1-5,8-9,13,20H,6-7,10-11H2. The fraction of sp³-hybridized carbons (Fsp3) is 0.312. The predicted octanol–water partition coefficient (Wildman–Crippen LogP) is 4.09. The van der Waals surface area contributed by atoms with Crippen molar-refractivity contribution < 1.29 is 4.55 Å². The molecule has 0 spiro atoms. The van der Waals surface area contributed by atoms with Gasteiger partial charge in [-0.2, -0.15) is 0 Å². The van der Waals surface area contributed by atoms with Crippen LogP contribution >= 0.6 is 23.6 Å². The maximum atomic E-state index is 8.84. The smallest absolute Gasteiger partial charge is 0.130 e. The minimum atomic E-state index is 0.573. The molecule has 0 bridgehead atoms. The number of nitrogens with zero attached hydrogens (tertiary/aromatic N) is 2. The zero-order chi connectivity index (χ0) is 14.7. The number of aryl methyl sites for hydroxylation is 1. The van der Waals surface area contributed by atoms with Crippen LogP contribution in [0.3, 0.4) is 0 Å². The molecule has 1 saturated heterocycles. The molecule has 1 aromatic carbocycles. The Morgan fingerprint density at radius 1 is 1.24 bits per heavy atom. The first-order valence-corrected chi connectivity index (χ1v) is 8.31. The van der Waals surface area contributed by atoms with Crippen molar-refractivity contribution in [3.05, 3.63) is 58.7 Å². The molecule has 2 heterocycles. The Balaban J connectivity index is 1.67. The predicted molar refractivity (Wildman–Crippen MR) is 89.4 cm³/mol. The summed E-state index contributed by atoms with van der Waals surface area (Å²) in [5.41, 5.74) is 2.31. The Hall–Kier alpha value is -1.23. The van der Waals surface area contributed by atoms with Crippen LogP contribution in [0.15, 0.2) is 42.5 Å². The summed E-state index contributed by atoms with van der Waals surface area (Å²) < 4.78 is 8.84. The molecule has 3 rings (SSSR count). The van der Waals surface area contributed by atoms with E-state index in [9.17, 15) is 0 Å². The summed E-state index contributed by atoms with van der Waals surface area (Å²) in [4.78, 5) is 6.89. The molecule has 21 heavy (non-hydrogen) atoms. The number of rotatable bonds is 5. The second-order valence-corrected chi connectivity index (χ2v) is 6.33. The first-order valence-electron chi connectivity index (χ1n) is 6.99. The topological polar surface area (TPSA) is 36.4 Å². The molecule has 110 valence electrons. The molecule has 5 heteroatoms. The maximum Gasteiger partial charge on any atom is 0.130 e. The SMILES string of the molecule is OSCCc1cc(Cl)cc(N2CC(c3ccccc3)C2)n1. The Labute approximate surface area is 134 Å². The highest BCUT2D eigenvalue weighted by molar-refractivity contribution is 7.93. The van der Waals surface area contributed by atoms with E-state index in [2.05, 4.69) is 34.1 Å². The highest BCUT2D eigenvalue weighted by atomic mass is 35.5. The molecule has 0 atom stereocenters. The highest BCUT2D eigenvalue weighted by Gasteiger charge is 2.29. The first-order chi connectivity index (χ1) is 10.3. The molecule has 2 aromatic rings. The molecule has 0 amide bonds. The van der Waals surface area contributed by atoms with Gasteiger partial charge in [0.25, 0.3) is 0 Å². The fourth-order valence-electron chi connectivity index (χ4n) is 2.58. The maximum absolute atomic E-state index is 8.84. The lowest BCUT2D eigenvalue weighted by Crippen LogP contribution is -2.45. The lowest BCUT2D eigenvalue weighted by atomic mass is 9.91. The van der Waals surface area contributed by atoms with Crippen LogP contribution in [0.2, 0.25) is 5.02 Å². The zero-order valence-corrected chi connectivity index (χ0v) is 13.1. The van der Waals surface area contributed by atoms with E-state index in [1.54, 1.807) is 0 Å². The average molecular weight is 321 g/mol. The molecule has 1 aromatic heterocycles. The summed E-state index contributed by atoms with van der Waals surface area (Å²) in [5, 5.41) is 0.709. The number of anilines is 1. The van der Waals surface area contributed by atoms with E-state index in [1.165, 1.54) is 5.56 Å². The van der Waals surface area contributed by atoms with E-state index >= 15 is 0 Å². The summed E-state index contributed by atoms with van der Waals surface area (Å²) in [6.07, 6.45) is 0.727. The van der Waals surface area contributed by atoms with Gasteiger partial charge in [-0.3, -0.25) is 0 Å².